The van der Waals surface area contributed by atoms with Gasteiger partial charge in [-0.3, -0.25) is 9.89 Å². The van der Waals surface area contributed by atoms with Crippen molar-refractivity contribution in [3.8, 4) is 5.75 Å². The van der Waals surface area contributed by atoms with Gasteiger partial charge in [0.1, 0.15) is 5.75 Å². The summed E-state index contributed by atoms with van der Waals surface area (Å²) in [4.78, 5) is 10.7. The van der Waals surface area contributed by atoms with Gasteiger partial charge in [0.25, 0.3) is 0 Å². The van der Waals surface area contributed by atoms with Gasteiger partial charge in [0.05, 0.1) is 17.3 Å². The van der Waals surface area contributed by atoms with E-state index in [-0.39, 0.29) is 16.7 Å². The summed E-state index contributed by atoms with van der Waals surface area (Å²) in [5.74, 6) is -0.834. The Morgan fingerprint density at radius 2 is 2.12 bits per heavy atom. The van der Waals surface area contributed by atoms with Crippen LogP contribution in [0.2, 0.25) is 0 Å². The molecule has 1 aromatic heterocycles. The highest BCUT2D eigenvalue weighted by Gasteiger charge is 2.34. The number of nitrogens with zero attached hydrogens (tertiary/aromatic N) is 1. The lowest BCUT2D eigenvalue weighted by Crippen LogP contribution is -2.08. The van der Waals surface area contributed by atoms with E-state index in [1.807, 2.05) is 0 Å². The first-order chi connectivity index (χ1) is 7.88. The van der Waals surface area contributed by atoms with E-state index in [0.29, 0.717) is 0 Å². The largest absolute Gasteiger partial charge is 0.427 e. The molecule has 0 saturated heterocycles. The summed E-state index contributed by atoms with van der Waals surface area (Å²) < 4.78 is 42.8. The average molecular weight is 244 g/mol. The lowest BCUT2D eigenvalue weighted by Gasteiger charge is -2.09. The molecule has 1 aromatic carbocycles. The number of fused-ring (bicyclic) bond motifs is 1. The van der Waals surface area contributed by atoms with E-state index in [2.05, 4.69) is 14.9 Å². The van der Waals surface area contributed by atoms with Crippen LogP contribution >= 0.6 is 0 Å². The van der Waals surface area contributed by atoms with Gasteiger partial charge in [0.2, 0.25) is 0 Å². The molecule has 0 bridgehead atoms. The maximum atomic E-state index is 12.7. The molecule has 0 aliphatic carbocycles. The van der Waals surface area contributed by atoms with Crippen LogP contribution in [-0.2, 0) is 11.0 Å². The Balaban J connectivity index is 2.63. The number of hydrogen-bond donors (Lipinski definition) is 1. The van der Waals surface area contributed by atoms with Crippen molar-refractivity contribution in [2.75, 3.05) is 0 Å². The number of benzene rings is 1. The van der Waals surface area contributed by atoms with Gasteiger partial charge in [-0.05, 0) is 12.1 Å². The second kappa shape index (κ2) is 3.76. The lowest BCUT2D eigenvalue weighted by molar-refractivity contribution is -0.137. The average Bonchev–Trinajstić information content (AvgIpc) is 2.61. The molecule has 7 heteroatoms. The fraction of sp³-hybridized carbons (Fsp3) is 0.200. The van der Waals surface area contributed by atoms with Crippen molar-refractivity contribution in [2.24, 2.45) is 0 Å². The molecule has 4 nitrogen and oxygen atoms in total. The molecule has 2 aromatic rings. The quantitative estimate of drug-likeness (QED) is 0.619. The Labute approximate surface area is 93.4 Å². The standard InChI is InChI=1S/C10H7F3N2O2/c1-5(16)17-7-2-6-4-14-15-9(6)8(3-7)10(11,12)13/h2-4H,1H3,(H,14,15). The van der Waals surface area contributed by atoms with Crippen molar-refractivity contribution in [1.82, 2.24) is 10.2 Å². The summed E-state index contributed by atoms with van der Waals surface area (Å²) in [6.07, 6.45) is -3.31. The number of carbonyl (C=O) groups excluding carboxylic acids is 1. The maximum absolute atomic E-state index is 12.7. The van der Waals surface area contributed by atoms with Crippen LogP contribution in [0.5, 0.6) is 5.75 Å². The molecule has 17 heavy (non-hydrogen) atoms. The minimum absolute atomic E-state index is 0.131. The van der Waals surface area contributed by atoms with Crippen LogP contribution in [0.25, 0.3) is 10.9 Å². The molecule has 0 amide bonds. The molecule has 2 rings (SSSR count). The van der Waals surface area contributed by atoms with E-state index in [0.717, 1.165) is 13.0 Å². The molecule has 0 atom stereocenters. The van der Waals surface area contributed by atoms with Crippen molar-refractivity contribution >= 4 is 16.9 Å². The number of alkyl halides is 3. The van der Waals surface area contributed by atoms with Gasteiger partial charge in [-0.15, -0.1) is 0 Å². The van der Waals surface area contributed by atoms with E-state index in [4.69, 9.17) is 0 Å². The molecule has 0 radical (unpaired) electrons. The molecule has 0 saturated carbocycles. The number of aromatic nitrogens is 2. The van der Waals surface area contributed by atoms with Crippen LogP contribution in [0.1, 0.15) is 12.5 Å². The first-order valence-electron chi connectivity index (χ1n) is 4.60. The first-order valence-corrected chi connectivity index (χ1v) is 4.60. The van der Waals surface area contributed by atoms with E-state index in [1.54, 1.807) is 0 Å². The molecule has 1 heterocycles. The van der Waals surface area contributed by atoms with Crippen molar-refractivity contribution in [2.45, 2.75) is 13.1 Å². The third-order valence-corrected chi connectivity index (χ3v) is 2.09. The molecule has 0 aliphatic heterocycles. The monoisotopic (exact) mass is 244 g/mol. The van der Waals surface area contributed by atoms with E-state index in [9.17, 15) is 18.0 Å². The van der Waals surface area contributed by atoms with E-state index >= 15 is 0 Å². The van der Waals surface area contributed by atoms with Gasteiger partial charge in [0, 0.05) is 12.3 Å². The highest BCUT2D eigenvalue weighted by atomic mass is 19.4. The summed E-state index contributed by atoms with van der Waals surface area (Å²) in [6.45, 7) is 1.12. The number of ether oxygens (including phenoxy) is 1. The molecular weight excluding hydrogens is 237 g/mol. The third kappa shape index (κ3) is 2.22. The Morgan fingerprint density at radius 3 is 2.71 bits per heavy atom. The highest BCUT2D eigenvalue weighted by molar-refractivity contribution is 5.84. The Morgan fingerprint density at radius 1 is 1.41 bits per heavy atom. The first kappa shape index (κ1) is 11.4. The molecule has 0 fully saturated rings. The smallest absolute Gasteiger partial charge is 0.418 e. The SMILES string of the molecule is CC(=O)Oc1cc(C(F)(F)F)c2[nH]ncc2c1. The zero-order valence-electron chi connectivity index (χ0n) is 8.63. The zero-order valence-corrected chi connectivity index (χ0v) is 8.63. The van der Waals surface area contributed by atoms with Crippen molar-refractivity contribution < 1.29 is 22.7 Å². The maximum Gasteiger partial charge on any atom is 0.418 e. The lowest BCUT2D eigenvalue weighted by atomic mass is 10.1. The Hall–Kier alpha value is -2.05. The minimum atomic E-state index is -4.54. The van der Waals surface area contributed by atoms with Gasteiger partial charge < -0.3 is 4.74 Å². The summed E-state index contributed by atoms with van der Waals surface area (Å²) in [5, 5.41) is 6.03. The van der Waals surface area contributed by atoms with Crippen LogP contribution < -0.4 is 4.74 Å². The van der Waals surface area contributed by atoms with Gasteiger partial charge in [-0.2, -0.15) is 18.3 Å². The number of nitrogens with one attached hydrogen (secondary N) is 1. The van der Waals surface area contributed by atoms with Crippen LogP contribution in [0.15, 0.2) is 18.3 Å². The second-order valence-corrected chi connectivity index (χ2v) is 3.40. The molecule has 0 unspecified atom stereocenters. The molecular formula is C10H7F3N2O2. The fourth-order valence-electron chi connectivity index (χ4n) is 1.48. The van der Waals surface area contributed by atoms with Gasteiger partial charge in [-0.25, -0.2) is 0 Å². The number of halogens is 3. The van der Waals surface area contributed by atoms with Crippen LogP contribution in [-0.4, -0.2) is 16.2 Å². The van der Waals surface area contributed by atoms with Crippen molar-refractivity contribution in [3.63, 3.8) is 0 Å². The van der Waals surface area contributed by atoms with Gasteiger partial charge in [-0.1, -0.05) is 0 Å². The zero-order chi connectivity index (χ0) is 12.6. The number of H-pyrrole nitrogens is 1. The number of carbonyl (C=O) groups is 1. The Kier molecular flexibility index (Phi) is 2.53. The number of esters is 1. The molecule has 90 valence electrons. The number of rotatable bonds is 1. The summed E-state index contributed by atoms with van der Waals surface area (Å²) in [7, 11) is 0. The van der Waals surface area contributed by atoms with Crippen molar-refractivity contribution in [1.29, 1.82) is 0 Å². The topological polar surface area (TPSA) is 55.0 Å². The van der Waals surface area contributed by atoms with Crippen LogP contribution in [0.3, 0.4) is 0 Å². The van der Waals surface area contributed by atoms with E-state index < -0.39 is 17.7 Å². The van der Waals surface area contributed by atoms with Gasteiger partial charge >= 0.3 is 12.1 Å². The normalized spacial score (nSPS) is 11.8. The molecule has 1 N–H and O–H groups in total. The predicted octanol–water partition coefficient (Wildman–Crippen LogP) is 2.51. The fourth-order valence-corrected chi connectivity index (χ4v) is 1.48. The van der Waals surface area contributed by atoms with E-state index in [1.165, 1.54) is 12.3 Å². The summed E-state index contributed by atoms with van der Waals surface area (Å²) in [5.41, 5.74) is -1.04. The third-order valence-electron chi connectivity index (χ3n) is 2.09. The second-order valence-electron chi connectivity index (χ2n) is 3.40. The van der Waals surface area contributed by atoms with Crippen LogP contribution in [0.4, 0.5) is 13.2 Å². The summed E-state index contributed by atoms with van der Waals surface area (Å²) >= 11 is 0. The minimum Gasteiger partial charge on any atom is -0.427 e. The number of hydrogen-bond acceptors (Lipinski definition) is 3. The predicted molar refractivity (Wildman–Crippen MR) is 52.4 cm³/mol. The number of aromatic amines is 1. The Bertz CT molecular complexity index is 574. The highest BCUT2D eigenvalue weighted by Crippen LogP contribution is 2.36. The molecule has 0 aliphatic rings. The van der Waals surface area contributed by atoms with Crippen molar-refractivity contribution in [3.05, 3.63) is 23.9 Å². The molecule has 0 spiro atoms. The van der Waals surface area contributed by atoms with Crippen LogP contribution in [0, 0.1) is 0 Å². The van der Waals surface area contributed by atoms with Gasteiger partial charge in [0.15, 0.2) is 0 Å². The summed E-state index contributed by atoms with van der Waals surface area (Å²) in [6, 6.07) is 2.08.